The molecule has 0 aliphatic carbocycles. The van der Waals surface area contributed by atoms with Crippen LogP contribution in [0.4, 0.5) is 5.69 Å². The van der Waals surface area contributed by atoms with Gasteiger partial charge in [0.15, 0.2) is 11.5 Å². The highest BCUT2D eigenvalue weighted by atomic mass is 32.2. The van der Waals surface area contributed by atoms with Crippen LogP contribution in [0.15, 0.2) is 77.7 Å². The fourth-order valence-corrected chi connectivity index (χ4v) is 5.68. The normalized spacial score (nSPS) is 12.6. The van der Waals surface area contributed by atoms with Gasteiger partial charge in [0.2, 0.25) is 11.8 Å². The van der Waals surface area contributed by atoms with E-state index < -0.39 is 28.5 Å². The van der Waals surface area contributed by atoms with E-state index in [4.69, 9.17) is 9.47 Å². The molecule has 0 aliphatic heterocycles. The number of hydrogen-bond acceptors (Lipinski definition) is 6. The van der Waals surface area contributed by atoms with Crippen LogP contribution in [0.25, 0.3) is 0 Å². The van der Waals surface area contributed by atoms with E-state index in [0.29, 0.717) is 11.4 Å². The lowest BCUT2D eigenvalue weighted by Crippen LogP contribution is -2.52. The average Bonchev–Trinajstić information content (AvgIpc) is 2.98. The lowest BCUT2D eigenvalue weighted by molar-refractivity contribution is -0.139. The maximum atomic E-state index is 14.0. The number of sulfonamides is 1. The van der Waals surface area contributed by atoms with Crippen molar-refractivity contribution in [2.75, 3.05) is 25.1 Å². The molecule has 0 saturated carbocycles. The van der Waals surface area contributed by atoms with E-state index in [-0.39, 0.29) is 29.1 Å². The number of carbonyl (C=O) groups excluding carboxylic acids is 2. The largest absolute Gasteiger partial charge is 0.493 e. The molecule has 1 N–H and O–H groups in total. The number of hydrogen-bond donors (Lipinski definition) is 1. The third-order valence-electron chi connectivity index (χ3n) is 7.04. The minimum absolute atomic E-state index is 0.0696. The SMILES string of the molecule is CC[C@H](C)NC(=O)[C@H](C)N(Cc1ccccc1C)C(=O)CN(c1ccccc1)S(=O)(=O)c1ccc(OC)c(OC)c1. The average molecular weight is 582 g/mol. The number of nitrogens with zero attached hydrogens (tertiary/aromatic N) is 2. The summed E-state index contributed by atoms with van der Waals surface area (Å²) in [5.41, 5.74) is 2.12. The zero-order chi connectivity index (χ0) is 30.2. The van der Waals surface area contributed by atoms with Crippen molar-refractivity contribution in [3.05, 3.63) is 83.9 Å². The van der Waals surface area contributed by atoms with Crippen LogP contribution in [-0.4, -0.2) is 58.0 Å². The summed E-state index contributed by atoms with van der Waals surface area (Å²) < 4.78 is 39.7. The first-order valence-corrected chi connectivity index (χ1v) is 14.9. The first kappa shape index (κ1) is 31.5. The van der Waals surface area contributed by atoms with Crippen molar-refractivity contribution in [1.29, 1.82) is 0 Å². The Bertz CT molecular complexity index is 1450. The van der Waals surface area contributed by atoms with Crippen LogP contribution in [-0.2, 0) is 26.2 Å². The molecule has 2 atom stereocenters. The van der Waals surface area contributed by atoms with Crippen LogP contribution in [0.1, 0.15) is 38.3 Å². The maximum Gasteiger partial charge on any atom is 0.264 e. The number of carbonyl (C=O) groups is 2. The van der Waals surface area contributed by atoms with E-state index in [1.54, 1.807) is 37.3 Å². The summed E-state index contributed by atoms with van der Waals surface area (Å²) >= 11 is 0. The van der Waals surface area contributed by atoms with Crippen LogP contribution in [0.5, 0.6) is 11.5 Å². The van der Waals surface area contributed by atoms with Crippen LogP contribution in [0.2, 0.25) is 0 Å². The van der Waals surface area contributed by atoms with Gasteiger partial charge in [-0.2, -0.15) is 0 Å². The maximum absolute atomic E-state index is 14.0. The standard InChI is InChI=1S/C31H39N3O6S/c1-7-23(3)32-31(36)24(4)33(20-25-14-12-11-13-22(25)2)30(35)21-34(26-15-9-8-10-16-26)41(37,38)27-17-18-28(39-5)29(19-27)40-6/h8-19,23-24H,7,20-21H2,1-6H3,(H,32,36)/t23-,24-/m0/s1. The molecule has 10 heteroatoms. The smallest absolute Gasteiger partial charge is 0.264 e. The summed E-state index contributed by atoms with van der Waals surface area (Å²) in [6, 6.07) is 19.3. The molecule has 0 saturated heterocycles. The van der Waals surface area contributed by atoms with Crippen LogP contribution >= 0.6 is 0 Å². The molecule has 3 rings (SSSR count). The Morgan fingerprint density at radius 2 is 1.54 bits per heavy atom. The van der Waals surface area contributed by atoms with Gasteiger partial charge in [-0.1, -0.05) is 49.4 Å². The number of aryl methyl sites for hydroxylation is 1. The van der Waals surface area contributed by atoms with Gasteiger partial charge in [-0.25, -0.2) is 8.42 Å². The highest BCUT2D eigenvalue weighted by molar-refractivity contribution is 7.92. The lowest BCUT2D eigenvalue weighted by Gasteiger charge is -2.32. The minimum Gasteiger partial charge on any atom is -0.493 e. The zero-order valence-electron chi connectivity index (χ0n) is 24.5. The summed E-state index contributed by atoms with van der Waals surface area (Å²) in [5, 5.41) is 2.94. The molecule has 9 nitrogen and oxygen atoms in total. The Hall–Kier alpha value is -4.05. The monoisotopic (exact) mass is 581 g/mol. The summed E-state index contributed by atoms with van der Waals surface area (Å²) in [6.07, 6.45) is 0.732. The quantitative estimate of drug-likeness (QED) is 0.318. The predicted octanol–water partition coefficient (Wildman–Crippen LogP) is 4.54. The summed E-state index contributed by atoms with van der Waals surface area (Å²) in [6.45, 7) is 7.06. The van der Waals surface area contributed by atoms with Gasteiger partial charge in [0.25, 0.3) is 10.0 Å². The Morgan fingerprint density at radius 3 is 2.15 bits per heavy atom. The van der Waals surface area contributed by atoms with E-state index in [9.17, 15) is 18.0 Å². The summed E-state index contributed by atoms with van der Waals surface area (Å²) in [4.78, 5) is 28.6. The molecule has 0 radical (unpaired) electrons. The van der Waals surface area contributed by atoms with Gasteiger partial charge in [0.05, 0.1) is 24.8 Å². The topological polar surface area (TPSA) is 105 Å². The number of anilines is 1. The van der Waals surface area contributed by atoms with Crippen molar-refractivity contribution in [3.63, 3.8) is 0 Å². The lowest BCUT2D eigenvalue weighted by atomic mass is 10.1. The predicted molar refractivity (Wildman–Crippen MR) is 160 cm³/mol. The first-order valence-electron chi connectivity index (χ1n) is 13.5. The van der Waals surface area contributed by atoms with Crippen molar-refractivity contribution >= 4 is 27.5 Å². The van der Waals surface area contributed by atoms with Crippen molar-refractivity contribution in [3.8, 4) is 11.5 Å². The molecule has 0 heterocycles. The number of methoxy groups -OCH3 is 2. The van der Waals surface area contributed by atoms with Gasteiger partial charge >= 0.3 is 0 Å². The van der Waals surface area contributed by atoms with Crippen LogP contribution in [0.3, 0.4) is 0 Å². The van der Waals surface area contributed by atoms with E-state index in [1.807, 2.05) is 45.0 Å². The summed E-state index contributed by atoms with van der Waals surface area (Å²) in [7, 11) is -1.36. The van der Waals surface area contributed by atoms with E-state index in [2.05, 4.69) is 5.32 Å². The fraction of sp³-hybridized carbons (Fsp3) is 0.355. The molecule has 220 valence electrons. The van der Waals surface area contributed by atoms with Crippen molar-refractivity contribution < 1.29 is 27.5 Å². The molecule has 0 fully saturated rings. The molecule has 3 aromatic rings. The number of rotatable bonds is 13. The first-order chi connectivity index (χ1) is 19.5. The van der Waals surface area contributed by atoms with Crippen molar-refractivity contribution in [2.45, 2.75) is 57.6 Å². The Kier molecular flexibility index (Phi) is 10.8. The number of benzene rings is 3. The number of para-hydroxylation sites is 1. The second kappa shape index (κ2) is 14.0. The molecule has 2 amide bonds. The van der Waals surface area contributed by atoms with Gasteiger partial charge < -0.3 is 19.7 Å². The molecule has 41 heavy (non-hydrogen) atoms. The molecule has 0 spiro atoms. The minimum atomic E-state index is -4.24. The number of nitrogens with one attached hydrogen (secondary N) is 1. The molecule has 0 aromatic heterocycles. The zero-order valence-corrected chi connectivity index (χ0v) is 25.3. The number of amides is 2. The van der Waals surface area contributed by atoms with Gasteiger partial charge in [0, 0.05) is 18.7 Å². The number of ether oxygens (including phenoxy) is 2. The van der Waals surface area contributed by atoms with Crippen molar-refractivity contribution in [2.24, 2.45) is 0 Å². The Balaban J connectivity index is 2.05. The molecule has 0 aliphatic rings. The molecule has 3 aromatic carbocycles. The van der Waals surface area contributed by atoms with Crippen LogP contribution in [0, 0.1) is 6.92 Å². The van der Waals surface area contributed by atoms with E-state index in [0.717, 1.165) is 21.9 Å². The highest BCUT2D eigenvalue weighted by Gasteiger charge is 2.33. The Labute approximate surface area is 243 Å². The van der Waals surface area contributed by atoms with Crippen LogP contribution < -0.4 is 19.1 Å². The molecule has 0 unspecified atom stereocenters. The Morgan fingerprint density at radius 1 is 0.902 bits per heavy atom. The highest BCUT2D eigenvalue weighted by Crippen LogP contribution is 2.32. The van der Waals surface area contributed by atoms with Gasteiger partial charge in [-0.15, -0.1) is 0 Å². The molecule has 0 bridgehead atoms. The second-order valence-corrected chi connectivity index (χ2v) is 11.7. The van der Waals surface area contributed by atoms with Gasteiger partial charge in [0.1, 0.15) is 12.6 Å². The third-order valence-corrected chi connectivity index (χ3v) is 8.81. The van der Waals surface area contributed by atoms with Gasteiger partial charge in [-0.3, -0.25) is 13.9 Å². The van der Waals surface area contributed by atoms with E-state index in [1.165, 1.54) is 37.3 Å². The third kappa shape index (κ3) is 7.58. The summed E-state index contributed by atoms with van der Waals surface area (Å²) in [5.74, 6) is -0.216. The fourth-order valence-electron chi connectivity index (χ4n) is 4.25. The van der Waals surface area contributed by atoms with E-state index >= 15 is 0 Å². The van der Waals surface area contributed by atoms with Gasteiger partial charge in [-0.05, 0) is 62.6 Å². The molecular weight excluding hydrogens is 542 g/mol. The molecular formula is C31H39N3O6S. The van der Waals surface area contributed by atoms with Crippen molar-refractivity contribution in [1.82, 2.24) is 10.2 Å². The second-order valence-electron chi connectivity index (χ2n) is 9.81.